The van der Waals surface area contributed by atoms with Gasteiger partial charge in [-0.25, -0.2) is 4.98 Å². The van der Waals surface area contributed by atoms with Gasteiger partial charge in [-0.15, -0.1) is 0 Å². The summed E-state index contributed by atoms with van der Waals surface area (Å²) in [7, 11) is 1.63. The largest absolute Gasteiger partial charge is 0.497 e. The third-order valence-electron chi connectivity index (χ3n) is 4.30. The van der Waals surface area contributed by atoms with Gasteiger partial charge in [0.1, 0.15) is 11.5 Å². The fourth-order valence-electron chi connectivity index (χ4n) is 3.06. The van der Waals surface area contributed by atoms with Crippen LogP contribution in [0.1, 0.15) is 43.7 Å². The molecule has 6 heteroatoms. The number of rotatable bonds is 5. The molecule has 132 valence electrons. The third kappa shape index (κ3) is 3.90. The summed E-state index contributed by atoms with van der Waals surface area (Å²) < 4.78 is 11.0. The molecule has 6 nitrogen and oxygen atoms in total. The van der Waals surface area contributed by atoms with Gasteiger partial charge in [-0.1, -0.05) is 6.92 Å². The second kappa shape index (κ2) is 7.51. The van der Waals surface area contributed by atoms with Gasteiger partial charge in [-0.3, -0.25) is 4.79 Å². The Hall–Kier alpha value is -2.63. The van der Waals surface area contributed by atoms with Crippen molar-refractivity contribution in [3.8, 4) is 17.4 Å². The molecule has 3 rings (SSSR count). The normalized spacial score (nSPS) is 16.8. The van der Waals surface area contributed by atoms with Crippen LogP contribution >= 0.6 is 0 Å². The molecule has 0 saturated carbocycles. The number of hydrogen-bond donors (Lipinski definition) is 0. The molecule has 2 aromatic rings. The van der Waals surface area contributed by atoms with Crippen molar-refractivity contribution >= 4 is 5.91 Å². The van der Waals surface area contributed by atoms with E-state index in [0.29, 0.717) is 23.9 Å². The van der Waals surface area contributed by atoms with Gasteiger partial charge in [0.05, 0.1) is 13.2 Å². The quantitative estimate of drug-likeness (QED) is 0.830. The maximum absolute atomic E-state index is 12.1. The summed E-state index contributed by atoms with van der Waals surface area (Å²) in [5.74, 6) is 2.74. The van der Waals surface area contributed by atoms with Crippen molar-refractivity contribution in [3.05, 3.63) is 41.9 Å². The van der Waals surface area contributed by atoms with E-state index in [1.165, 1.54) is 0 Å². The van der Waals surface area contributed by atoms with Crippen LogP contribution < -0.4 is 9.47 Å². The van der Waals surface area contributed by atoms with E-state index in [-0.39, 0.29) is 11.9 Å². The molecule has 1 aromatic carbocycles. The molecule has 2 heterocycles. The summed E-state index contributed by atoms with van der Waals surface area (Å²) in [4.78, 5) is 23.1. The van der Waals surface area contributed by atoms with Gasteiger partial charge in [0.2, 0.25) is 11.8 Å². The summed E-state index contributed by atoms with van der Waals surface area (Å²) in [5, 5.41) is 0. The van der Waals surface area contributed by atoms with E-state index in [2.05, 4.69) is 9.97 Å². The van der Waals surface area contributed by atoms with Crippen molar-refractivity contribution in [1.29, 1.82) is 0 Å². The highest BCUT2D eigenvalue weighted by molar-refractivity contribution is 5.76. The lowest BCUT2D eigenvalue weighted by Gasteiger charge is -2.23. The molecule has 1 aliphatic heterocycles. The molecule has 1 fully saturated rings. The van der Waals surface area contributed by atoms with E-state index < -0.39 is 0 Å². The Morgan fingerprint density at radius 3 is 2.64 bits per heavy atom. The minimum absolute atomic E-state index is 0.0643. The van der Waals surface area contributed by atoms with Gasteiger partial charge >= 0.3 is 0 Å². The second-order valence-electron chi connectivity index (χ2n) is 6.08. The van der Waals surface area contributed by atoms with Crippen molar-refractivity contribution in [2.24, 2.45) is 0 Å². The summed E-state index contributed by atoms with van der Waals surface area (Å²) >= 11 is 0. The highest BCUT2D eigenvalue weighted by Crippen LogP contribution is 2.32. The number of benzene rings is 1. The molecule has 0 radical (unpaired) electrons. The topological polar surface area (TPSA) is 64.6 Å². The fraction of sp³-hybridized carbons (Fsp3) is 0.421. The zero-order chi connectivity index (χ0) is 17.8. The summed E-state index contributed by atoms with van der Waals surface area (Å²) in [5.41, 5.74) is 0.823. The lowest BCUT2D eigenvalue weighted by atomic mass is 10.2. The fourth-order valence-corrected chi connectivity index (χ4v) is 3.06. The minimum Gasteiger partial charge on any atom is -0.497 e. The molecule has 0 bridgehead atoms. The molecule has 1 aliphatic rings. The number of hydrogen-bond acceptors (Lipinski definition) is 5. The zero-order valence-corrected chi connectivity index (χ0v) is 14.9. The third-order valence-corrected chi connectivity index (χ3v) is 4.30. The zero-order valence-electron chi connectivity index (χ0n) is 14.9. The maximum Gasteiger partial charge on any atom is 0.222 e. The number of amides is 1. The number of carbonyl (C=O) groups excluding carboxylic acids is 1. The average Bonchev–Trinajstić information content (AvgIpc) is 3.11. The molecule has 1 atom stereocenters. The Morgan fingerprint density at radius 2 is 1.96 bits per heavy atom. The molecule has 25 heavy (non-hydrogen) atoms. The molecule has 0 N–H and O–H groups in total. The average molecular weight is 341 g/mol. The highest BCUT2D eigenvalue weighted by Gasteiger charge is 2.31. The number of nitrogens with zero attached hydrogens (tertiary/aromatic N) is 3. The molecular weight excluding hydrogens is 318 g/mol. The Morgan fingerprint density at radius 1 is 1.24 bits per heavy atom. The molecule has 0 spiro atoms. The van der Waals surface area contributed by atoms with E-state index in [4.69, 9.17) is 9.47 Å². The van der Waals surface area contributed by atoms with Gasteiger partial charge in [0.25, 0.3) is 0 Å². The molecule has 1 aromatic heterocycles. The monoisotopic (exact) mass is 341 g/mol. The van der Waals surface area contributed by atoms with Crippen LogP contribution in [0.3, 0.4) is 0 Å². The van der Waals surface area contributed by atoms with Gasteiger partial charge in [0, 0.05) is 24.7 Å². The number of ether oxygens (including phenoxy) is 2. The van der Waals surface area contributed by atoms with Crippen LogP contribution in [0, 0.1) is 6.92 Å². The summed E-state index contributed by atoms with van der Waals surface area (Å²) in [6.07, 6.45) is 2.36. The molecular formula is C19H23N3O3. The van der Waals surface area contributed by atoms with Gasteiger partial charge in [-0.2, -0.15) is 4.98 Å². The Kier molecular flexibility index (Phi) is 5.16. The van der Waals surface area contributed by atoms with E-state index in [0.717, 1.165) is 30.8 Å². The van der Waals surface area contributed by atoms with Crippen molar-refractivity contribution in [1.82, 2.24) is 14.9 Å². The van der Waals surface area contributed by atoms with E-state index in [1.807, 2.05) is 43.0 Å². The number of aryl methyl sites for hydroxylation is 1. The second-order valence-corrected chi connectivity index (χ2v) is 6.08. The van der Waals surface area contributed by atoms with Crippen molar-refractivity contribution in [3.63, 3.8) is 0 Å². The number of carbonyl (C=O) groups is 1. The van der Waals surface area contributed by atoms with Crippen molar-refractivity contribution in [2.75, 3.05) is 13.7 Å². The summed E-state index contributed by atoms with van der Waals surface area (Å²) in [6, 6.07) is 9.07. The maximum atomic E-state index is 12.1. The van der Waals surface area contributed by atoms with Crippen molar-refractivity contribution < 1.29 is 14.3 Å². The molecule has 1 saturated heterocycles. The summed E-state index contributed by atoms with van der Waals surface area (Å²) in [6.45, 7) is 4.56. The lowest BCUT2D eigenvalue weighted by Crippen LogP contribution is -2.30. The predicted molar refractivity (Wildman–Crippen MR) is 93.8 cm³/mol. The van der Waals surface area contributed by atoms with Crippen LogP contribution in [0.5, 0.6) is 17.4 Å². The number of likely N-dealkylation sites (tertiary alicyclic amines) is 1. The van der Waals surface area contributed by atoms with E-state index >= 15 is 0 Å². The van der Waals surface area contributed by atoms with Crippen LogP contribution in [-0.4, -0.2) is 34.4 Å². The van der Waals surface area contributed by atoms with Crippen LogP contribution in [0.2, 0.25) is 0 Å². The SMILES string of the molecule is CCC(=O)N1CCC[C@@H]1c1nc(C)cc(Oc2ccc(OC)cc2)n1. The standard InChI is InChI=1S/C19H23N3O3/c1-4-18(23)22-11-5-6-16(22)19-20-13(2)12-17(21-19)25-15-9-7-14(24-3)8-10-15/h7-10,12,16H,4-6,11H2,1-3H3/t16-/m1/s1. The highest BCUT2D eigenvalue weighted by atomic mass is 16.5. The van der Waals surface area contributed by atoms with E-state index in [1.54, 1.807) is 13.2 Å². The molecule has 0 unspecified atom stereocenters. The first kappa shape index (κ1) is 17.2. The van der Waals surface area contributed by atoms with Crippen LogP contribution in [0.4, 0.5) is 0 Å². The van der Waals surface area contributed by atoms with Crippen LogP contribution in [-0.2, 0) is 4.79 Å². The Bertz CT molecular complexity index is 746. The lowest BCUT2D eigenvalue weighted by molar-refractivity contribution is -0.131. The van der Waals surface area contributed by atoms with Crippen LogP contribution in [0.15, 0.2) is 30.3 Å². The van der Waals surface area contributed by atoms with Crippen LogP contribution in [0.25, 0.3) is 0 Å². The van der Waals surface area contributed by atoms with Gasteiger partial charge in [0.15, 0.2) is 5.82 Å². The first-order chi connectivity index (χ1) is 12.1. The number of methoxy groups -OCH3 is 1. The van der Waals surface area contributed by atoms with Gasteiger partial charge in [-0.05, 0) is 44.0 Å². The predicted octanol–water partition coefficient (Wildman–Crippen LogP) is 3.66. The smallest absolute Gasteiger partial charge is 0.222 e. The molecule has 0 aliphatic carbocycles. The van der Waals surface area contributed by atoms with Gasteiger partial charge < -0.3 is 14.4 Å². The van der Waals surface area contributed by atoms with E-state index in [9.17, 15) is 4.79 Å². The van der Waals surface area contributed by atoms with Crippen molar-refractivity contribution in [2.45, 2.75) is 39.2 Å². The number of aromatic nitrogens is 2. The Labute approximate surface area is 147 Å². The minimum atomic E-state index is -0.0643. The first-order valence-corrected chi connectivity index (χ1v) is 8.57. The Balaban J connectivity index is 1.83. The first-order valence-electron chi connectivity index (χ1n) is 8.57. The molecule has 1 amide bonds.